The first kappa shape index (κ1) is 19.8. The summed E-state index contributed by atoms with van der Waals surface area (Å²) in [7, 11) is -3.40. The van der Waals surface area contributed by atoms with Gasteiger partial charge in [0.25, 0.3) is 0 Å². The second-order valence-electron chi connectivity index (χ2n) is 8.18. The van der Waals surface area contributed by atoms with Crippen LogP contribution in [0.5, 0.6) is 0 Å². The summed E-state index contributed by atoms with van der Waals surface area (Å²) in [4.78, 5) is 3.00. The van der Waals surface area contributed by atoms with Gasteiger partial charge in [-0.2, -0.15) is 4.31 Å². The smallest absolute Gasteiger partial charge is 0.243 e. The van der Waals surface area contributed by atoms with Gasteiger partial charge in [-0.15, -0.1) is 0 Å². The standard InChI is InChI=1S/C20H32N2O3S/c1-15(2)12-22(18-7-9-25-10-8-18)19-13-21(14-19)26(23,24)20-11-16(3)5-6-17(20)4/h5-6,11,15,18-19H,7-10,12-14H2,1-4H3. The molecule has 2 fully saturated rings. The summed E-state index contributed by atoms with van der Waals surface area (Å²) < 4.78 is 33.2. The van der Waals surface area contributed by atoms with Crippen molar-refractivity contribution in [2.45, 2.75) is 57.5 Å². The van der Waals surface area contributed by atoms with E-state index in [1.54, 1.807) is 10.4 Å². The minimum absolute atomic E-state index is 0.320. The Labute approximate surface area is 158 Å². The SMILES string of the molecule is Cc1ccc(C)c(S(=O)(=O)N2CC(N(CC(C)C)C3CCOCC3)C2)c1. The summed E-state index contributed by atoms with van der Waals surface area (Å²) in [5, 5.41) is 0. The van der Waals surface area contributed by atoms with Crippen molar-refractivity contribution in [3.8, 4) is 0 Å². The summed E-state index contributed by atoms with van der Waals surface area (Å²) in [5.74, 6) is 0.572. The van der Waals surface area contributed by atoms with Crippen molar-refractivity contribution >= 4 is 10.0 Å². The fourth-order valence-corrected chi connectivity index (χ4v) is 5.81. The van der Waals surface area contributed by atoms with Gasteiger partial charge in [-0.05, 0) is 49.8 Å². The zero-order valence-corrected chi connectivity index (χ0v) is 17.3. The van der Waals surface area contributed by atoms with Crippen molar-refractivity contribution in [3.05, 3.63) is 29.3 Å². The van der Waals surface area contributed by atoms with Crippen LogP contribution in [-0.4, -0.2) is 62.6 Å². The highest BCUT2D eigenvalue weighted by Gasteiger charge is 2.42. The van der Waals surface area contributed by atoms with Gasteiger partial charge in [0.15, 0.2) is 0 Å². The monoisotopic (exact) mass is 380 g/mol. The maximum atomic E-state index is 13.0. The summed E-state index contributed by atoms with van der Waals surface area (Å²) >= 11 is 0. The van der Waals surface area contributed by atoms with Gasteiger partial charge in [0.05, 0.1) is 4.90 Å². The lowest BCUT2D eigenvalue weighted by molar-refractivity contribution is -0.0157. The summed E-state index contributed by atoms with van der Waals surface area (Å²) in [6.45, 7) is 12.1. The molecule has 2 aliphatic heterocycles. The molecule has 0 aromatic heterocycles. The Morgan fingerprint density at radius 1 is 1.15 bits per heavy atom. The van der Waals surface area contributed by atoms with Crippen LogP contribution in [0.3, 0.4) is 0 Å². The normalized spacial score (nSPS) is 20.7. The number of hydrogen-bond acceptors (Lipinski definition) is 4. The quantitative estimate of drug-likeness (QED) is 0.761. The van der Waals surface area contributed by atoms with Crippen molar-refractivity contribution in [2.75, 3.05) is 32.8 Å². The van der Waals surface area contributed by atoms with Crippen molar-refractivity contribution in [3.63, 3.8) is 0 Å². The third-order valence-electron chi connectivity index (χ3n) is 5.50. The molecule has 1 aromatic rings. The molecule has 2 heterocycles. The molecule has 6 heteroatoms. The molecule has 0 aliphatic carbocycles. The third-order valence-corrected chi connectivity index (χ3v) is 7.47. The summed E-state index contributed by atoms with van der Waals surface area (Å²) in [6.07, 6.45) is 2.10. The zero-order chi connectivity index (χ0) is 18.9. The summed E-state index contributed by atoms with van der Waals surface area (Å²) in [6, 6.07) is 6.49. The predicted octanol–water partition coefficient (Wildman–Crippen LogP) is 2.81. The van der Waals surface area contributed by atoms with E-state index < -0.39 is 10.0 Å². The highest BCUT2D eigenvalue weighted by atomic mass is 32.2. The molecule has 0 radical (unpaired) electrons. The molecule has 0 saturated carbocycles. The highest BCUT2D eigenvalue weighted by Crippen LogP contribution is 2.30. The van der Waals surface area contributed by atoms with E-state index in [1.807, 2.05) is 26.0 Å². The van der Waals surface area contributed by atoms with Gasteiger partial charge in [-0.3, -0.25) is 4.90 Å². The van der Waals surface area contributed by atoms with E-state index in [-0.39, 0.29) is 0 Å². The number of hydrogen-bond donors (Lipinski definition) is 0. The molecule has 0 unspecified atom stereocenters. The molecular formula is C20H32N2O3S. The van der Waals surface area contributed by atoms with E-state index in [0.717, 1.165) is 43.7 Å². The number of benzene rings is 1. The average Bonchev–Trinajstić information content (AvgIpc) is 2.55. The van der Waals surface area contributed by atoms with Gasteiger partial charge in [0.2, 0.25) is 10.0 Å². The van der Waals surface area contributed by atoms with Gasteiger partial charge in [-0.1, -0.05) is 26.0 Å². The van der Waals surface area contributed by atoms with Crippen LogP contribution in [-0.2, 0) is 14.8 Å². The van der Waals surface area contributed by atoms with E-state index in [0.29, 0.717) is 36.0 Å². The first-order valence-electron chi connectivity index (χ1n) is 9.70. The molecular weight excluding hydrogens is 348 g/mol. The maximum Gasteiger partial charge on any atom is 0.243 e. The van der Waals surface area contributed by atoms with Crippen LogP contribution in [0.1, 0.15) is 37.8 Å². The van der Waals surface area contributed by atoms with Crippen LogP contribution >= 0.6 is 0 Å². The molecule has 0 N–H and O–H groups in total. The lowest BCUT2D eigenvalue weighted by atomic mass is 9.99. The van der Waals surface area contributed by atoms with E-state index in [9.17, 15) is 8.42 Å². The van der Waals surface area contributed by atoms with Crippen LogP contribution in [0.2, 0.25) is 0 Å². The largest absolute Gasteiger partial charge is 0.381 e. The van der Waals surface area contributed by atoms with Crippen molar-refractivity contribution in [1.29, 1.82) is 0 Å². The van der Waals surface area contributed by atoms with Crippen LogP contribution in [0.4, 0.5) is 0 Å². The Bertz CT molecular complexity index is 721. The van der Waals surface area contributed by atoms with Crippen molar-refractivity contribution in [1.82, 2.24) is 9.21 Å². The summed E-state index contributed by atoms with van der Waals surface area (Å²) in [5.41, 5.74) is 1.80. The number of ether oxygens (including phenoxy) is 1. The van der Waals surface area contributed by atoms with Gasteiger partial charge in [0, 0.05) is 44.9 Å². The van der Waals surface area contributed by atoms with Crippen molar-refractivity contribution < 1.29 is 13.2 Å². The Balaban J connectivity index is 1.71. The van der Waals surface area contributed by atoms with Gasteiger partial charge >= 0.3 is 0 Å². The minimum atomic E-state index is -3.40. The second kappa shape index (κ2) is 7.97. The van der Waals surface area contributed by atoms with Crippen molar-refractivity contribution in [2.24, 2.45) is 5.92 Å². The predicted molar refractivity (Wildman–Crippen MR) is 104 cm³/mol. The maximum absolute atomic E-state index is 13.0. The second-order valence-corrected chi connectivity index (χ2v) is 10.1. The molecule has 2 aliphatic rings. The molecule has 5 nitrogen and oxygen atoms in total. The van der Waals surface area contributed by atoms with Crippen LogP contribution < -0.4 is 0 Å². The van der Waals surface area contributed by atoms with E-state index in [2.05, 4.69) is 18.7 Å². The molecule has 3 rings (SSSR count). The lowest BCUT2D eigenvalue weighted by Crippen LogP contribution is -2.64. The minimum Gasteiger partial charge on any atom is -0.381 e. The van der Waals surface area contributed by atoms with Gasteiger partial charge in [0.1, 0.15) is 0 Å². The van der Waals surface area contributed by atoms with Gasteiger partial charge < -0.3 is 4.74 Å². The Morgan fingerprint density at radius 3 is 2.42 bits per heavy atom. The first-order chi connectivity index (χ1) is 12.3. The van der Waals surface area contributed by atoms with E-state index in [4.69, 9.17) is 4.74 Å². The Kier molecular flexibility index (Phi) is 6.07. The molecule has 0 spiro atoms. The molecule has 2 saturated heterocycles. The molecule has 0 bridgehead atoms. The molecule has 146 valence electrons. The number of nitrogens with zero attached hydrogens (tertiary/aromatic N) is 2. The lowest BCUT2D eigenvalue weighted by Gasteiger charge is -2.49. The fraction of sp³-hybridized carbons (Fsp3) is 0.700. The topological polar surface area (TPSA) is 49.9 Å². The fourth-order valence-electron chi connectivity index (χ4n) is 3.98. The van der Waals surface area contributed by atoms with E-state index in [1.165, 1.54) is 0 Å². The van der Waals surface area contributed by atoms with Crippen LogP contribution in [0, 0.1) is 19.8 Å². The molecule has 1 aromatic carbocycles. The van der Waals surface area contributed by atoms with Gasteiger partial charge in [-0.25, -0.2) is 8.42 Å². The average molecular weight is 381 g/mol. The molecule has 0 amide bonds. The number of rotatable bonds is 6. The Morgan fingerprint density at radius 2 is 1.81 bits per heavy atom. The van der Waals surface area contributed by atoms with Crippen LogP contribution in [0.25, 0.3) is 0 Å². The highest BCUT2D eigenvalue weighted by molar-refractivity contribution is 7.89. The number of sulfonamides is 1. The molecule has 26 heavy (non-hydrogen) atoms. The first-order valence-corrected chi connectivity index (χ1v) is 11.1. The van der Waals surface area contributed by atoms with Crippen LogP contribution in [0.15, 0.2) is 23.1 Å². The molecule has 0 atom stereocenters. The third kappa shape index (κ3) is 4.14. The zero-order valence-electron chi connectivity index (χ0n) is 16.4. The Hall–Kier alpha value is -0.950. The number of aryl methyl sites for hydroxylation is 2. The van der Waals surface area contributed by atoms with E-state index >= 15 is 0 Å².